The zero-order valence-electron chi connectivity index (χ0n) is 12.3. The number of carbonyl (C=O) groups is 2. The monoisotopic (exact) mass is 314 g/mol. The molecule has 0 fully saturated rings. The number of hydrogen-bond donors (Lipinski definition) is 2. The Morgan fingerprint density at radius 1 is 1.26 bits per heavy atom. The summed E-state index contributed by atoms with van der Waals surface area (Å²) in [5, 5.41) is 12.9. The number of nitrogens with zero attached hydrogens (tertiary/aromatic N) is 4. The minimum Gasteiger partial charge on any atom is -0.443 e. The summed E-state index contributed by atoms with van der Waals surface area (Å²) in [4.78, 5) is 27.3. The number of amides is 2. The fraction of sp³-hybridized carbons (Fsp3) is 0.214. The number of anilines is 2. The van der Waals surface area contributed by atoms with Gasteiger partial charge < -0.3 is 15.1 Å². The second-order valence-electron chi connectivity index (χ2n) is 4.79. The lowest BCUT2D eigenvalue weighted by Crippen LogP contribution is -2.19. The summed E-state index contributed by atoms with van der Waals surface area (Å²) in [7, 11) is 0. The second-order valence-corrected chi connectivity index (χ2v) is 4.79. The summed E-state index contributed by atoms with van der Waals surface area (Å²) < 4.78 is 6.48. The van der Waals surface area contributed by atoms with E-state index in [0.717, 1.165) is 0 Å². The van der Waals surface area contributed by atoms with Crippen molar-refractivity contribution in [1.29, 1.82) is 0 Å². The van der Waals surface area contributed by atoms with Gasteiger partial charge in [-0.15, -0.1) is 5.10 Å². The molecule has 0 bridgehead atoms. The van der Waals surface area contributed by atoms with Crippen LogP contribution in [0, 0.1) is 0 Å². The lowest BCUT2D eigenvalue weighted by atomic mass is 10.3. The Morgan fingerprint density at radius 2 is 2.13 bits per heavy atom. The number of carbonyl (C=O) groups excluding carboxylic acids is 2. The number of aromatic nitrogens is 4. The average molecular weight is 314 g/mol. The quantitative estimate of drug-likeness (QED) is 0.735. The van der Waals surface area contributed by atoms with Crippen LogP contribution in [-0.2, 0) is 16.1 Å². The molecular weight excluding hydrogens is 300 g/mol. The number of benzene rings is 1. The van der Waals surface area contributed by atoms with Gasteiger partial charge >= 0.3 is 0 Å². The highest BCUT2D eigenvalue weighted by molar-refractivity contribution is 5.92. The van der Waals surface area contributed by atoms with E-state index in [1.807, 2.05) is 0 Å². The first kappa shape index (κ1) is 14.7. The molecule has 23 heavy (non-hydrogen) atoms. The number of oxazole rings is 1. The third-order valence-electron chi connectivity index (χ3n) is 3.05. The van der Waals surface area contributed by atoms with E-state index in [1.54, 1.807) is 25.1 Å². The largest absolute Gasteiger partial charge is 0.443 e. The zero-order valence-corrected chi connectivity index (χ0v) is 12.3. The van der Waals surface area contributed by atoms with Crippen molar-refractivity contribution in [2.45, 2.75) is 19.9 Å². The van der Waals surface area contributed by atoms with Crippen molar-refractivity contribution in [2.75, 3.05) is 10.6 Å². The van der Waals surface area contributed by atoms with Gasteiger partial charge in [0.1, 0.15) is 12.1 Å². The third-order valence-corrected chi connectivity index (χ3v) is 3.05. The molecule has 0 atom stereocenters. The molecule has 3 rings (SSSR count). The standard InChI is InChI=1S/C14H14N6O3/c1-2-13(21)17-12-6-20(19-18-12)7-14(22)16-9-3-4-11-10(5-9)15-8-23-11/h3-6,8H,2,7H2,1H3,(H,16,22)(H,17,21). The molecule has 0 spiro atoms. The van der Waals surface area contributed by atoms with Crippen molar-refractivity contribution in [1.82, 2.24) is 20.0 Å². The van der Waals surface area contributed by atoms with Crippen LogP contribution < -0.4 is 10.6 Å². The van der Waals surface area contributed by atoms with Crippen LogP contribution in [0.25, 0.3) is 11.1 Å². The van der Waals surface area contributed by atoms with Crippen LogP contribution in [0.4, 0.5) is 11.5 Å². The van der Waals surface area contributed by atoms with Gasteiger partial charge in [-0.25, -0.2) is 9.67 Å². The first-order chi connectivity index (χ1) is 11.1. The van der Waals surface area contributed by atoms with Gasteiger partial charge in [-0.05, 0) is 18.2 Å². The van der Waals surface area contributed by atoms with Gasteiger partial charge in [0.2, 0.25) is 11.8 Å². The molecule has 118 valence electrons. The van der Waals surface area contributed by atoms with Crippen molar-refractivity contribution in [3.05, 3.63) is 30.8 Å². The molecule has 0 aliphatic heterocycles. The van der Waals surface area contributed by atoms with Gasteiger partial charge in [-0.3, -0.25) is 9.59 Å². The van der Waals surface area contributed by atoms with E-state index in [-0.39, 0.29) is 18.4 Å². The topological polar surface area (TPSA) is 115 Å². The highest BCUT2D eigenvalue weighted by Crippen LogP contribution is 2.17. The van der Waals surface area contributed by atoms with Crippen LogP contribution >= 0.6 is 0 Å². The van der Waals surface area contributed by atoms with Gasteiger partial charge in [-0.1, -0.05) is 12.1 Å². The molecular formula is C14H14N6O3. The van der Waals surface area contributed by atoms with Gasteiger partial charge in [0.25, 0.3) is 0 Å². The lowest BCUT2D eigenvalue weighted by Gasteiger charge is -2.04. The molecule has 0 unspecified atom stereocenters. The van der Waals surface area contributed by atoms with E-state index < -0.39 is 0 Å². The van der Waals surface area contributed by atoms with Gasteiger partial charge in [0.15, 0.2) is 17.8 Å². The first-order valence-electron chi connectivity index (χ1n) is 6.97. The minimum absolute atomic E-state index is 0.0220. The van der Waals surface area contributed by atoms with Crippen LogP contribution in [0.2, 0.25) is 0 Å². The minimum atomic E-state index is -0.272. The van der Waals surface area contributed by atoms with Crippen molar-refractivity contribution in [3.63, 3.8) is 0 Å². The Balaban J connectivity index is 1.61. The molecule has 0 aliphatic carbocycles. The predicted octanol–water partition coefficient (Wildman–Crippen LogP) is 1.41. The smallest absolute Gasteiger partial charge is 0.246 e. The fourth-order valence-electron chi connectivity index (χ4n) is 1.95. The molecule has 2 N–H and O–H groups in total. The average Bonchev–Trinajstić information content (AvgIpc) is 3.15. The van der Waals surface area contributed by atoms with Crippen LogP contribution in [0.3, 0.4) is 0 Å². The maximum absolute atomic E-state index is 12.0. The second kappa shape index (κ2) is 6.26. The number of fused-ring (bicyclic) bond motifs is 1. The molecule has 3 aromatic rings. The van der Waals surface area contributed by atoms with Gasteiger partial charge in [0, 0.05) is 12.1 Å². The number of nitrogens with one attached hydrogen (secondary N) is 2. The Labute approximate surface area is 130 Å². The van der Waals surface area contributed by atoms with Gasteiger partial charge in [0.05, 0.1) is 6.20 Å². The van der Waals surface area contributed by atoms with E-state index in [9.17, 15) is 9.59 Å². The Hall–Kier alpha value is -3.23. The number of hydrogen-bond acceptors (Lipinski definition) is 6. The molecule has 2 amide bonds. The molecule has 9 nitrogen and oxygen atoms in total. The molecule has 1 aromatic carbocycles. The molecule has 0 saturated carbocycles. The molecule has 9 heteroatoms. The summed E-state index contributed by atoms with van der Waals surface area (Å²) in [6.07, 6.45) is 3.18. The third kappa shape index (κ3) is 3.51. The summed E-state index contributed by atoms with van der Waals surface area (Å²) >= 11 is 0. The molecule has 0 aliphatic rings. The maximum atomic E-state index is 12.0. The van der Waals surface area contributed by atoms with E-state index in [4.69, 9.17) is 4.42 Å². The summed E-state index contributed by atoms with van der Waals surface area (Å²) in [5.41, 5.74) is 1.92. The van der Waals surface area contributed by atoms with E-state index in [0.29, 0.717) is 29.0 Å². The van der Waals surface area contributed by atoms with Crippen molar-refractivity contribution < 1.29 is 14.0 Å². The Bertz CT molecular complexity index is 853. The van der Waals surface area contributed by atoms with Crippen molar-refractivity contribution in [2.24, 2.45) is 0 Å². The normalized spacial score (nSPS) is 10.7. The van der Waals surface area contributed by atoms with E-state index >= 15 is 0 Å². The molecule has 2 aromatic heterocycles. The lowest BCUT2D eigenvalue weighted by molar-refractivity contribution is -0.117. The molecule has 0 saturated heterocycles. The van der Waals surface area contributed by atoms with Crippen LogP contribution in [-0.4, -0.2) is 31.8 Å². The van der Waals surface area contributed by atoms with E-state index in [2.05, 4.69) is 25.9 Å². The van der Waals surface area contributed by atoms with Crippen LogP contribution in [0.5, 0.6) is 0 Å². The Morgan fingerprint density at radius 3 is 2.96 bits per heavy atom. The summed E-state index contributed by atoms with van der Waals surface area (Å²) in [6.45, 7) is 1.71. The number of rotatable bonds is 5. The molecule has 0 radical (unpaired) electrons. The van der Waals surface area contributed by atoms with Crippen LogP contribution in [0.15, 0.2) is 35.2 Å². The Kier molecular flexibility index (Phi) is 4.00. The highest BCUT2D eigenvalue weighted by Gasteiger charge is 2.09. The first-order valence-corrected chi connectivity index (χ1v) is 6.97. The summed E-state index contributed by atoms with van der Waals surface area (Å²) in [5.74, 6) is -0.123. The van der Waals surface area contributed by atoms with E-state index in [1.165, 1.54) is 17.3 Å². The zero-order chi connectivity index (χ0) is 16.2. The molecule has 2 heterocycles. The van der Waals surface area contributed by atoms with Crippen LogP contribution in [0.1, 0.15) is 13.3 Å². The summed E-state index contributed by atoms with van der Waals surface area (Å²) in [6, 6.07) is 5.16. The SMILES string of the molecule is CCC(=O)Nc1cn(CC(=O)Nc2ccc3ocnc3c2)nn1. The van der Waals surface area contributed by atoms with Crippen molar-refractivity contribution >= 4 is 34.4 Å². The van der Waals surface area contributed by atoms with Gasteiger partial charge in [-0.2, -0.15) is 0 Å². The fourth-order valence-corrected chi connectivity index (χ4v) is 1.95. The van der Waals surface area contributed by atoms with Crippen molar-refractivity contribution in [3.8, 4) is 0 Å². The maximum Gasteiger partial charge on any atom is 0.246 e. The highest BCUT2D eigenvalue weighted by atomic mass is 16.3. The predicted molar refractivity (Wildman–Crippen MR) is 81.6 cm³/mol.